The molecule has 0 bridgehead atoms. The molecule has 35 heavy (non-hydrogen) atoms. The lowest BCUT2D eigenvalue weighted by Gasteiger charge is -2.38. The van der Waals surface area contributed by atoms with Gasteiger partial charge in [0.25, 0.3) is 0 Å². The molecular formula is C27H33FN4O2S. The third-order valence-corrected chi connectivity index (χ3v) is 9.02. The molecule has 2 aliphatic heterocycles. The second-order valence-corrected chi connectivity index (χ2v) is 11.1. The Balaban J connectivity index is 1.35. The average molecular weight is 497 g/mol. The highest BCUT2D eigenvalue weighted by atomic mass is 32.1. The van der Waals surface area contributed by atoms with Gasteiger partial charge < -0.3 is 14.8 Å². The van der Waals surface area contributed by atoms with Crippen molar-refractivity contribution >= 4 is 27.4 Å². The zero-order chi connectivity index (χ0) is 23.7. The van der Waals surface area contributed by atoms with Gasteiger partial charge in [-0.2, -0.15) is 0 Å². The number of ether oxygens (including phenoxy) is 2. The second kappa shape index (κ2) is 10.1. The molecule has 2 fully saturated rings. The van der Waals surface area contributed by atoms with Crippen LogP contribution in [0.3, 0.4) is 0 Å². The third kappa shape index (κ3) is 4.81. The zero-order valence-corrected chi connectivity index (χ0v) is 21.0. The summed E-state index contributed by atoms with van der Waals surface area (Å²) in [5, 5.41) is 5.01. The minimum Gasteiger partial charge on any atom is -0.381 e. The van der Waals surface area contributed by atoms with E-state index in [1.54, 1.807) is 12.1 Å². The molecule has 2 saturated heterocycles. The SMILES string of the molecule is Fc1ccc(C2(CNc3nc(CN4CCOCC4)nc4sc5c(c34)CCCC5)CCOCC2)cc1. The van der Waals surface area contributed by atoms with Crippen LogP contribution in [0.1, 0.15) is 47.5 Å². The van der Waals surface area contributed by atoms with E-state index in [4.69, 9.17) is 19.4 Å². The molecule has 1 aliphatic carbocycles. The number of aryl methyl sites for hydroxylation is 2. The predicted octanol–water partition coefficient (Wildman–Crippen LogP) is 4.70. The Kier molecular flexibility index (Phi) is 6.71. The molecule has 2 aromatic heterocycles. The highest BCUT2D eigenvalue weighted by Gasteiger charge is 2.35. The van der Waals surface area contributed by atoms with E-state index in [1.807, 2.05) is 23.5 Å². The normalized spacial score (nSPS) is 20.6. The van der Waals surface area contributed by atoms with E-state index in [-0.39, 0.29) is 11.2 Å². The number of nitrogens with zero attached hydrogens (tertiary/aromatic N) is 3. The summed E-state index contributed by atoms with van der Waals surface area (Å²) in [4.78, 5) is 15.1. The first-order valence-electron chi connectivity index (χ1n) is 12.9. The minimum atomic E-state index is -0.195. The van der Waals surface area contributed by atoms with Crippen molar-refractivity contribution < 1.29 is 13.9 Å². The molecule has 0 saturated carbocycles. The molecular weight excluding hydrogens is 463 g/mol. The number of nitrogens with one attached hydrogen (secondary N) is 1. The number of morpholine rings is 1. The Morgan fingerprint density at radius 2 is 1.71 bits per heavy atom. The van der Waals surface area contributed by atoms with Crippen molar-refractivity contribution in [1.82, 2.24) is 14.9 Å². The highest BCUT2D eigenvalue weighted by molar-refractivity contribution is 7.19. The van der Waals surface area contributed by atoms with E-state index in [9.17, 15) is 4.39 Å². The third-order valence-electron chi connectivity index (χ3n) is 7.83. The smallest absolute Gasteiger partial charge is 0.146 e. The van der Waals surface area contributed by atoms with Gasteiger partial charge in [-0.1, -0.05) is 12.1 Å². The molecule has 0 radical (unpaired) electrons. The molecule has 1 aromatic carbocycles. The molecule has 0 unspecified atom stereocenters. The van der Waals surface area contributed by atoms with Crippen LogP contribution in [0.4, 0.5) is 10.2 Å². The Morgan fingerprint density at radius 1 is 0.971 bits per heavy atom. The molecule has 0 amide bonds. The van der Waals surface area contributed by atoms with Crippen LogP contribution >= 0.6 is 11.3 Å². The van der Waals surface area contributed by atoms with Crippen molar-refractivity contribution in [3.05, 3.63) is 51.9 Å². The van der Waals surface area contributed by atoms with Crippen LogP contribution < -0.4 is 5.32 Å². The number of benzene rings is 1. The van der Waals surface area contributed by atoms with Crippen LogP contribution in [0.25, 0.3) is 10.2 Å². The van der Waals surface area contributed by atoms with E-state index in [1.165, 1.54) is 34.2 Å². The van der Waals surface area contributed by atoms with Crippen molar-refractivity contribution in [2.24, 2.45) is 0 Å². The van der Waals surface area contributed by atoms with Crippen LogP contribution in [0, 0.1) is 5.82 Å². The molecule has 3 aliphatic rings. The summed E-state index contributed by atoms with van der Waals surface area (Å²) in [5.74, 6) is 1.65. The number of halogens is 1. The van der Waals surface area contributed by atoms with Crippen molar-refractivity contribution in [3.63, 3.8) is 0 Å². The van der Waals surface area contributed by atoms with Crippen LogP contribution in [-0.2, 0) is 34.3 Å². The minimum absolute atomic E-state index is 0.107. The second-order valence-electron chi connectivity index (χ2n) is 10.0. The number of fused-ring (bicyclic) bond motifs is 3. The summed E-state index contributed by atoms with van der Waals surface area (Å²) in [7, 11) is 0. The van der Waals surface area contributed by atoms with Gasteiger partial charge in [-0.25, -0.2) is 14.4 Å². The Labute approximate surface area is 209 Å². The standard InChI is InChI=1S/C27H33FN4O2S/c28-20-7-5-19(6-8-20)27(9-13-33-14-10-27)18-29-25-24-21-3-1-2-4-22(21)35-26(24)31-23(30-25)17-32-11-15-34-16-12-32/h5-8H,1-4,9-18H2,(H,29,30,31). The van der Waals surface area contributed by atoms with Gasteiger partial charge in [-0.05, 0) is 61.8 Å². The number of hydrogen-bond donors (Lipinski definition) is 1. The molecule has 6 nitrogen and oxygen atoms in total. The molecule has 4 heterocycles. The Hall–Kier alpha value is -2.13. The van der Waals surface area contributed by atoms with Crippen molar-refractivity contribution in [3.8, 4) is 0 Å². The van der Waals surface area contributed by atoms with Crippen molar-refractivity contribution in [1.29, 1.82) is 0 Å². The molecule has 3 aromatic rings. The predicted molar refractivity (Wildman–Crippen MR) is 137 cm³/mol. The van der Waals surface area contributed by atoms with E-state index < -0.39 is 0 Å². The summed E-state index contributed by atoms with van der Waals surface area (Å²) in [6.07, 6.45) is 6.54. The Bertz CT molecular complexity index is 1170. The highest BCUT2D eigenvalue weighted by Crippen LogP contribution is 2.40. The van der Waals surface area contributed by atoms with Gasteiger partial charge in [-0.15, -0.1) is 11.3 Å². The van der Waals surface area contributed by atoms with Gasteiger partial charge in [0.2, 0.25) is 0 Å². The van der Waals surface area contributed by atoms with E-state index in [0.29, 0.717) is 13.2 Å². The maximum absolute atomic E-state index is 13.7. The van der Waals surface area contributed by atoms with Gasteiger partial charge in [0, 0.05) is 43.1 Å². The van der Waals surface area contributed by atoms with Gasteiger partial charge in [-0.3, -0.25) is 4.90 Å². The first kappa shape index (κ1) is 23.3. The van der Waals surface area contributed by atoms with Crippen LogP contribution in [-0.4, -0.2) is 60.9 Å². The number of aromatic nitrogens is 2. The molecule has 8 heteroatoms. The average Bonchev–Trinajstić information content (AvgIpc) is 3.27. The van der Waals surface area contributed by atoms with Gasteiger partial charge in [0.1, 0.15) is 22.3 Å². The number of thiophene rings is 1. The fourth-order valence-electron chi connectivity index (χ4n) is 5.75. The molecule has 0 atom stereocenters. The topological polar surface area (TPSA) is 59.5 Å². The number of anilines is 1. The number of hydrogen-bond acceptors (Lipinski definition) is 7. The summed E-state index contributed by atoms with van der Waals surface area (Å²) in [5.41, 5.74) is 2.50. The van der Waals surface area contributed by atoms with E-state index >= 15 is 0 Å². The Morgan fingerprint density at radius 3 is 2.51 bits per heavy atom. The lowest BCUT2D eigenvalue weighted by atomic mass is 9.74. The quantitative estimate of drug-likeness (QED) is 0.534. The van der Waals surface area contributed by atoms with Crippen molar-refractivity contribution in [2.75, 3.05) is 51.4 Å². The van der Waals surface area contributed by atoms with Gasteiger partial charge in [0.05, 0.1) is 25.1 Å². The van der Waals surface area contributed by atoms with E-state index in [0.717, 1.165) is 81.5 Å². The first-order valence-corrected chi connectivity index (χ1v) is 13.7. The fraction of sp³-hybridized carbons (Fsp3) is 0.556. The largest absolute Gasteiger partial charge is 0.381 e. The lowest BCUT2D eigenvalue weighted by Crippen LogP contribution is -2.40. The van der Waals surface area contributed by atoms with Gasteiger partial charge >= 0.3 is 0 Å². The van der Waals surface area contributed by atoms with Crippen LogP contribution in [0.2, 0.25) is 0 Å². The van der Waals surface area contributed by atoms with Crippen LogP contribution in [0.15, 0.2) is 24.3 Å². The zero-order valence-electron chi connectivity index (χ0n) is 20.2. The van der Waals surface area contributed by atoms with E-state index in [2.05, 4.69) is 10.2 Å². The maximum atomic E-state index is 13.7. The van der Waals surface area contributed by atoms with Gasteiger partial charge in [0.15, 0.2) is 0 Å². The molecule has 1 N–H and O–H groups in total. The lowest BCUT2D eigenvalue weighted by molar-refractivity contribution is 0.0331. The van der Waals surface area contributed by atoms with Crippen molar-refractivity contribution in [2.45, 2.75) is 50.5 Å². The first-order chi connectivity index (χ1) is 17.2. The molecule has 6 rings (SSSR count). The fourth-order valence-corrected chi connectivity index (χ4v) is 7.03. The summed E-state index contributed by atoms with van der Waals surface area (Å²) in [6.45, 7) is 6.29. The summed E-state index contributed by atoms with van der Waals surface area (Å²) in [6, 6.07) is 7.03. The maximum Gasteiger partial charge on any atom is 0.146 e. The molecule has 0 spiro atoms. The summed E-state index contributed by atoms with van der Waals surface area (Å²) < 4.78 is 24.9. The summed E-state index contributed by atoms with van der Waals surface area (Å²) >= 11 is 1.85. The monoisotopic (exact) mass is 496 g/mol. The molecule has 186 valence electrons. The van der Waals surface area contributed by atoms with Crippen LogP contribution in [0.5, 0.6) is 0 Å². The number of rotatable bonds is 6.